The number of aromatic nitrogens is 4. The zero-order valence-corrected chi connectivity index (χ0v) is 24.2. The molecule has 0 saturated carbocycles. The van der Waals surface area contributed by atoms with Gasteiger partial charge in [-0.25, -0.2) is 4.79 Å². The molecule has 0 aliphatic rings. The fraction of sp³-hybridized carbons (Fsp3) is 0.250. The van der Waals surface area contributed by atoms with E-state index in [9.17, 15) is 14.4 Å². The largest absolute Gasteiger partial charge is 0.497 e. The lowest BCUT2D eigenvalue weighted by Crippen LogP contribution is -2.38. The van der Waals surface area contributed by atoms with Crippen molar-refractivity contribution in [3.05, 3.63) is 99.2 Å². The summed E-state index contributed by atoms with van der Waals surface area (Å²) in [5.41, 5.74) is 2.34. The number of hydrogen-bond acceptors (Lipinski definition) is 6. The second kappa shape index (κ2) is 11.8. The zero-order valence-electron chi connectivity index (χ0n) is 24.2. The van der Waals surface area contributed by atoms with Gasteiger partial charge in [-0.2, -0.15) is 5.10 Å². The molecule has 5 rings (SSSR count). The second-order valence-electron chi connectivity index (χ2n) is 10.5. The lowest BCUT2D eigenvalue weighted by Gasteiger charge is -2.11. The Morgan fingerprint density at radius 3 is 2.29 bits per heavy atom. The molecular weight excluding hydrogens is 534 g/mol. The van der Waals surface area contributed by atoms with E-state index >= 15 is 0 Å². The first-order chi connectivity index (χ1) is 20.1. The molecule has 10 nitrogen and oxygen atoms in total. The lowest BCUT2D eigenvalue weighted by molar-refractivity contribution is -0.114. The molecule has 1 N–H and O–H groups in total. The van der Waals surface area contributed by atoms with Crippen molar-refractivity contribution in [3.63, 3.8) is 0 Å². The van der Waals surface area contributed by atoms with Gasteiger partial charge in [-0.1, -0.05) is 38.1 Å². The fourth-order valence-corrected chi connectivity index (χ4v) is 4.87. The van der Waals surface area contributed by atoms with Gasteiger partial charge in [0.25, 0.3) is 5.56 Å². The van der Waals surface area contributed by atoms with Gasteiger partial charge < -0.3 is 14.8 Å². The van der Waals surface area contributed by atoms with Crippen LogP contribution in [0.25, 0.3) is 22.3 Å². The number of hydrogen-bond donors (Lipinski definition) is 1. The molecule has 5 aromatic rings. The third-order valence-corrected chi connectivity index (χ3v) is 6.78. The maximum absolute atomic E-state index is 13.6. The molecule has 10 heteroatoms. The first-order valence-corrected chi connectivity index (χ1v) is 13.6. The SMILES string of the molecule is COc1ccc(Oc2cccc(Cn3nc4c(c3-c3ccc(NC(C)=O)cc3)c(=O)n(C)c(=O)n4CC(C)C)c2)cc1. The summed E-state index contributed by atoms with van der Waals surface area (Å²) < 4.78 is 15.7. The molecule has 2 aromatic heterocycles. The van der Waals surface area contributed by atoms with Crippen molar-refractivity contribution in [3.8, 4) is 28.5 Å². The van der Waals surface area contributed by atoms with Crippen LogP contribution in [0.1, 0.15) is 26.3 Å². The Morgan fingerprint density at radius 2 is 1.64 bits per heavy atom. The molecular formula is C32H33N5O5. The lowest BCUT2D eigenvalue weighted by atomic mass is 10.1. The van der Waals surface area contributed by atoms with Crippen LogP contribution in [0.15, 0.2) is 82.4 Å². The summed E-state index contributed by atoms with van der Waals surface area (Å²) in [6, 6.07) is 22.2. The Labute approximate surface area is 242 Å². The van der Waals surface area contributed by atoms with Crippen molar-refractivity contribution >= 4 is 22.6 Å². The smallest absolute Gasteiger partial charge is 0.332 e. The Bertz CT molecular complexity index is 1870. The highest BCUT2D eigenvalue weighted by Gasteiger charge is 2.23. The molecule has 2 heterocycles. The number of anilines is 1. The van der Waals surface area contributed by atoms with Crippen molar-refractivity contribution in [1.82, 2.24) is 18.9 Å². The van der Waals surface area contributed by atoms with Gasteiger partial charge >= 0.3 is 5.69 Å². The Morgan fingerprint density at radius 1 is 0.952 bits per heavy atom. The van der Waals surface area contributed by atoms with E-state index in [1.165, 1.54) is 14.0 Å². The Hall–Kier alpha value is -5.12. The van der Waals surface area contributed by atoms with Crippen molar-refractivity contribution in [2.24, 2.45) is 13.0 Å². The van der Waals surface area contributed by atoms with Crippen LogP contribution in [0.5, 0.6) is 17.2 Å². The molecule has 1 amide bonds. The molecule has 0 spiro atoms. The Balaban J connectivity index is 1.62. The van der Waals surface area contributed by atoms with Crippen molar-refractivity contribution in [2.45, 2.75) is 33.9 Å². The van der Waals surface area contributed by atoms with E-state index in [0.29, 0.717) is 47.0 Å². The molecule has 0 atom stereocenters. The number of carbonyl (C=O) groups is 1. The van der Waals surface area contributed by atoms with E-state index in [0.717, 1.165) is 21.4 Å². The van der Waals surface area contributed by atoms with Gasteiger partial charge in [0.1, 0.15) is 22.6 Å². The van der Waals surface area contributed by atoms with Crippen molar-refractivity contribution in [1.29, 1.82) is 0 Å². The molecule has 216 valence electrons. The summed E-state index contributed by atoms with van der Waals surface area (Å²) in [6.45, 7) is 6.19. The van der Waals surface area contributed by atoms with Crippen molar-refractivity contribution in [2.75, 3.05) is 12.4 Å². The van der Waals surface area contributed by atoms with E-state index in [1.807, 2.05) is 74.5 Å². The standard InChI is InChI=1S/C32H33N5O5/c1-20(2)18-36-30-28(31(39)35(4)32(36)40)29(23-9-11-24(12-10-23)33-21(3)38)37(34-30)19-22-7-6-8-27(17-22)42-26-15-13-25(41-5)14-16-26/h6-17,20H,18-19H2,1-5H3,(H,33,38). The number of nitrogens with zero attached hydrogens (tertiary/aromatic N) is 4. The number of fused-ring (bicyclic) bond motifs is 1. The predicted octanol–water partition coefficient (Wildman–Crippen LogP) is 5.03. The fourth-order valence-electron chi connectivity index (χ4n) is 4.87. The molecule has 0 aliphatic heterocycles. The number of benzene rings is 3. The zero-order chi connectivity index (χ0) is 30.0. The predicted molar refractivity (Wildman–Crippen MR) is 162 cm³/mol. The summed E-state index contributed by atoms with van der Waals surface area (Å²) in [5.74, 6) is 2.02. The van der Waals surface area contributed by atoms with E-state index in [1.54, 1.807) is 28.5 Å². The average Bonchev–Trinajstić information content (AvgIpc) is 3.33. The van der Waals surface area contributed by atoms with Crippen LogP contribution < -0.4 is 26.0 Å². The minimum absolute atomic E-state index is 0.153. The summed E-state index contributed by atoms with van der Waals surface area (Å²) in [4.78, 5) is 38.3. The summed E-state index contributed by atoms with van der Waals surface area (Å²) in [5, 5.41) is 7.97. The van der Waals surface area contributed by atoms with Gasteiger partial charge in [0, 0.05) is 31.8 Å². The van der Waals surface area contributed by atoms with Crippen molar-refractivity contribution < 1.29 is 14.3 Å². The minimum atomic E-state index is -0.418. The maximum Gasteiger partial charge on any atom is 0.332 e. The van der Waals surface area contributed by atoms with Gasteiger partial charge in [-0.3, -0.25) is 23.4 Å². The number of carbonyl (C=O) groups excluding carboxylic acids is 1. The quantitative estimate of drug-likeness (QED) is 0.268. The summed E-state index contributed by atoms with van der Waals surface area (Å²) in [7, 11) is 3.10. The second-order valence-corrected chi connectivity index (χ2v) is 10.5. The van der Waals surface area contributed by atoms with Crippen LogP contribution in [0, 0.1) is 5.92 Å². The third-order valence-electron chi connectivity index (χ3n) is 6.78. The van der Waals surface area contributed by atoms with Gasteiger partial charge in [0.05, 0.1) is 19.3 Å². The van der Waals surface area contributed by atoms with Crippen LogP contribution in [0.3, 0.4) is 0 Å². The molecule has 0 unspecified atom stereocenters. The highest BCUT2D eigenvalue weighted by molar-refractivity contribution is 5.92. The van der Waals surface area contributed by atoms with Crippen LogP contribution in [0.4, 0.5) is 5.69 Å². The molecule has 3 aromatic carbocycles. The van der Waals surface area contributed by atoms with Crippen LogP contribution >= 0.6 is 0 Å². The number of nitrogens with one attached hydrogen (secondary N) is 1. The molecule has 0 fully saturated rings. The minimum Gasteiger partial charge on any atom is -0.497 e. The normalized spacial score (nSPS) is 11.2. The van der Waals surface area contributed by atoms with E-state index < -0.39 is 11.2 Å². The molecule has 42 heavy (non-hydrogen) atoms. The molecule has 0 saturated heterocycles. The van der Waals surface area contributed by atoms with E-state index in [2.05, 4.69) is 5.32 Å². The molecule has 0 aliphatic carbocycles. The number of rotatable bonds is 9. The van der Waals surface area contributed by atoms with Crippen LogP contribution in [-0.4, -0.2) is 31.9 Å². The first-order valence-electron chi connectivity index (χ1n) is 13.6. The number of amides is 1. The van der Waals surface area contributed by atoms with Gasteiger partial charge in [-0.15, -0.1) is 0 Å². The topological polar surface area (TPSA) is 109 Å². The summed E-state index contributed by atoms with van der Waals surface area (Å²) in [6.07, 6.45) is 0. The highest BCUT2D eigenvalue weighted by Crippen LogP contribution is 2.30. The van der Waals surface area contributed by atoms with Crippen LogP contribution in [-0.2, 0) is 24.9 Å². The summed E-state index contributed by atoms with van der Waals surface area (Å²) >= 11 is 0. The number of methoxy groups -OCH3 is 1. The first kappa shape index (κ1) is 28.4. The monoisotopic (exact) mass is 567 g/mol. The molecule has 0 bridgehead atoms. The number of ether oxygens (including phenoxy) is 2. The third kappa shape index (κ3) is 5.83. The molecule has 0 radical (unpaired) electrons. The Kier molecular flexibility index (Phi) is 7.97. The average molecular weight is 568 g/mol. The maximum atomic E-state index is 13.6. The van der Waals surface area contributed by atoms with Gasteiger partial charge in [0.15, 0.2) is 5.65 Å². The van der Waals surface area contributed by atoms with Gasteiger partial charge in [0.2, 0.25) is 5.91 Å². The highest BCUT2D eigenvalue weighted by atomic mass is 16.5. The van der Waals surface area contributed by atoms with Gasteiger partial charge in [-0.05, 0) is 60.0 Å². The van der Waals surface area contributed by atoms with E-state index in [-0.39, 0.29) is 11.8 Å². The van der Waals surface area contributed by atoms with E-state index in [4.69, 9.17) is 14.6 Å². The van der Waals surface area contributed by atoms with Crippen LogP contribution in [0.2, 0.25) is 0 Å².